The number of aromatic nitrogens is 2. The van der Waals surface area contributed by atoms with E-state index in [1.165, 1.54) is 17.3 Å². The summed E-state index contributed by atoms with van der Waals surface area (Å²) in [6, 6.07) is 9.37. The van der Waals surface area contributed by atoms with Crippen molar-refractivity contribution in [3.63, 3.8) is 0 Å². The summed E-state index contributed by atoms with van der Waals surface area (Å²) >= 11 is 1.46. The first kappa shape index (κ1) is 21.0. The van der Waals surface area contributed by atoms with Crippen molar-refractivity contribution in [3.8, 4) is 0 Å². The molecule has 146 valence electrons. The normalized spacial score (nSPS) is 12.3. The average molecular weight is 390 g/mol. The fourth-order valence-corrected chi connectivity index (χ4v) is 3.00. The van der Waals surface area contributed by atoms with E-state index in [-0.39, 0.29) is 0 Å². The van der Waals surface area contributed by atoms with Crippen LogP contribution in [-0.2, 0) is 11.2 Å². The molecule has 27 heavy (non-hydrogen) atoms. The Morgan fingerprint density at radius 3 is 2.59 bits per heavy atom. The van der Waals surface area contributed by atoms with Gasteiger partial charge in [0.15, 0.2) is 0 Å². The van der Waals surface area contributed by atoms with Crippen LogP contribution in [0.1, 0.15) is 52.1 Å². The number of alkyl carbamates (subject to hydrolysis) is 1. The number of hydrogen-bond acceptors (Lipinski definition) is 6. The van der Waals surface area contributed by atoms with Gasteiger partial charge in [0.05, 0.1) is 0 Å². The predicted octanol–water partition coefficient (Wildman–Crippen LogP) is 4.94. The minimum Gasteiger partial charge on any atom is -0.444 e. The Morgan fingerprint density at radius 1 is 1.26 bits per heavy atom. The summed E-state index contributed by atoms with van der Waals surface area (Å²) in [6.07, 6.45) is 2.11. The number of rotatable bonds is 7. The van der Waals surface area contributed by atoms with Gasteiger partial charge in [0.1, 0.15) is 11.6 Å². The molecule has 0 bridgehead atoms. The molecule has 0 saturated carbocycles. The number of hydrogen-bond donors (Lipinski definition) is 1. The van der Waals surface area contributed by atoms with E-state index in [2.05, 4.69) is 21.6 Å². The van der Waals surface area contributed by atoms with E-state index in [0.717, 1.165) is 11.3 Å². The Balaban J connectivity index is 2.12. The molecule has 2 rings (SSSR count). The number of allylic oxidation sites excluding steroid dienone is 1. The molecular weight excluding hydrogens is 362 g/mol. The Hall–Kier alpha value is -2.28. The van der Waals surface area contributed by atoms with E-state index in [4.69, 9.17) is 9.15 Å². The van der Waals surface area contributed by atoms with Crippen LogP contribution in [0.2, 0.25) is 0 Å². The zero-order chi connectivity index (χ0) is 19.9. The third kappa shape index (κ3) is 7.86. The van der Waals surface area contributed by atoms with Crippen LogP contribution in [0.3, 0.4) is 0 Å². The van der Waals surface area contributed by atoms with Crippen LogP contribution in [0.4, 0.5) is 4.79 Å². The highest BCUT2D eigenvalue weighted by Gasteiger charge is 2.25. The maximum absolute atomic E-state index is 12.3. The third-order valence-corrected chi connectivity index (χ3v) is 4.14. The van der Waals surface area contributed by atoms with Crippen LogP contribution in [0.15, 0.2) is 51.6 Å². The monoisotopic (exact) mass is 389 g/mol. The molecule has 0 fully saturated rings. The number of ether oxygens (including phenoxy) is 1. The summed E-state index contributed by atoms with van der Waals surface area (Å²) in [5, 5.41) is 11.5. The first-order chi connectivity index (χ1) is 12.7. The second-order valence-electron chi connectivity index (χ2n) is 7.39. The summed E-state index contributed by atoms with van der Waals surface area (Å²) in [6.45, 7) is 9.55. The maximum atomic E-state index is 12.3. The van der Waals surface area contributed by atoms with E-state index < -0.39 is 17.7 Å². The van der Waals surface area contributed by atoms with Crippen molar-refractivity contribution in [3.05, 3.63) is 53.4 Å². The molecule has 0 spiro atoms. The van der Waals surface area contributed by atoms with Gasteiger partial charge >= 0.3 is 6.09 Å². The lowest BCUT2D eigenvalue weighted by atomic mass is 10.1. The number of carbonyl (C=O) groups excluding carboxylic acids is 1. The summed E-state index contributed by atoms with van der Waals surface area (Å²) in [7, 11) is 0. The number of nitrogens with one attached hydrogen (secondary N) is 1. The Bertz CT molecular complexity index is 762. The van der Waals surface area contributed by atoms with Gasteiger partial charge in [-0.25, -0.2) is 4.79 Å². The van der Waals surface area contributed by atoms with Gasteiger partial charge in [-0.15, -0.1) is 10.2 Å². The van der Waals surface area contributed by atoms with Gasteiger partial charge in [0, 0.05) is 12.2 Å². The molecule has 0 radical (unpaired) electrons. The Labute approximate surface area is 164 Å². The summed E-state index contributed by atoms with van der Waals surface area (Å²) < 4.78 is 11.1. The SMILES string of the molecule is CC(C)=CCSc1nnc([C@H](Cc2ccccc2)NC(=O)OC(C)(C)C)o1. The standard InChI is InChI=1S/C20H27N3O3S/c1-14(2)11-12-27-19-23-22-17(25-19)16(13-15-9-7-6-8-10-15)21-18(24)26-20(3,4)5/h6-11,16H,12-13H2,1-5H3,(H,21,24)/t16-/m0/s1. The molecule has 0 aliphatic heterocycles. The molecule has 0 aliphatic rings. The largest absolute Gasteiger partial charge is 0.444 e. The van der Waals surface area contributed by atoms with Gasteiger partial charge in [-0.1, -0.05) is 53.7 Å². The molecular formula is C20H27N3O3S. The molecule has 1 amide bonds. The first-order valence-electron chi connectivity index (χ1n) is 8.86. The molecule has 1 aromatic carbocycles. The zero-order valence-corrected chi connectivity index (χ0v) is 17.3. The average Bonchev–Trinajstić information content (AvgIpc) is 3.02. The molecule has 6 nitrogen and oxygen atoms in total. The van der Waals surface area contributed by atoms with Gasteiger partial charge in [0.2, 0.25) is 5.89 Å². The second kappa shape index (κ2) is 9.60. The van der Waals surface area contributed by atoms with Crippen molar-refractivity contribution in [2.45, 2.75) is 57.9 Å². The van der Waals surface area contributed by atoms with Crippen LogP contribution in [-0.4, -0.2) is 27.6 Å². The Morgan fingerprint density at radius 2 is 1.96 bits per heavy atom. The van der Waals surface area contributed by atoms with Gasteiger partial charge in [-0.3, -0.25) is 0 Å². The molecule has 1 heterocycles. The van der Waals surface area contributed by atoms with Crippen LogP contribution >= 0.6 is 11.8 Å². The van der Waals surface area contributed by atoms with Crippen LogP contribution in [0.5, 0.6) is 0 Å². The van der Waals surface area contributed by atoms with Crippen molar-refractivity contribution >= 4 is 17.9 Å². The zero-order valence-electron chi connectivity index (χ0n) is 16.5. The lowest BCUT2D eigenvalue weighted by Crippen LogP contribution is -2.36. The number of benzene rings is 1. The summed E-state index contributed by atoms with van der Waals surface area (Å²) in [5.74, 6) is 1.12. The first-order valence-corrected chi connectivity index (χ1v) is 9.84. The fraction of sp³-hybridized carbons (Fsp3) is 0.450. The van der Waals surface area contributed by atoms with Crippen molar-refractivity contribution in [2.75, 3.05) is 5.75 Å². The number of thioether (sulfide) groups is 1. The number of carbonyl (C=O) groups is 1. The molecule has 1 atom stereocenters. The molecule has 7 heteroatoms. The quantitative estimate of drug-likeness (QED) is 0.534. The highest BCUT2D eigenvalue weighted by molar-refractivity contribution is 7.99. The van der Waals surface area contributed by atoms with Crippen molar-refractivity contribution in [1.29, 1.82) is 0 Å². The molecule has 0 aliphatic carbocycles. The maximum Gasteiger partial charge on any atom is 0.408 e. The minimum absolute atomic E-state index is 0.365. The summed E-state index contributed by atoms with van der Waals surface area (Å²) in [4.78, 5) is 12.3. The van der Waals surface area contributed by atoms with Crippen LogP contribution in [0, 0.1) is 0 Å². The lowest BCUT2D eigenvalue weighted by Gasteiger charge is -2.22. The second-order valence-corrected chi connectivity index (χ2v) is 8.36. The fourth-order valence-electron chi connectivity index (χ4n) is 2.20. The van der Waals surface area contributed by atoms with Crippen LogP contribution < -0.4 is 5.32 Å². The van der Waals surface area contributed by atoms with Crippen molar-refractivity contribution < 1.29 is 13.9 Å². The molecule has 1 N–H and O–H groups in total. The predicted molar refractivity (Wildman–Crippen MR) is 107 cm³/mol. The molecule has 0 saturated heterocycles. The van der Waals surface area contributed by atoms with E-state index in [1.54, 1.807) is 0 Å². The van der Waals surface area contributed by atoms with Gasteiger partial charge in [-0.05, 0) is 40.2 Å². The van der Waals surface area contributed by atoms with E-state index in [9.17, 15) is 4.79 Å². The Kier molecular flexibility index (Phi) is 7.47. The van der Waals surface area contributed by atoms with Gasteiger partial charge < -0.3 is 14.5 Å². The van der Waals surface area contributed by atoms with E-state index in [0.29, 0.717) is 17.5 Å². The molecule has 2 aromatic rings. The van der Waals surface area contributed by atoms with Crippen LogP contribution in [0.25, 0.3) is 0 Å². The van der Waals surface area contributed by atoms with Crippen molar-refractivity contribution in [2.24, 2.45) is 0 Å². The number of amides is 1. The highest BCUT2D eigenvalue weighted by atomic mass is 32.2. The smallest absolute Gasteiger partial charge is 0.408 e. The van der Waals surface area contributed by atoms with E-state index >= 15 is 0 Å². The summed E-state index contributed by atoms with van der Waals surface area (Å²) in [5.41, 5.74) is 1.70. The van der Waals surface area contributed by atoms with Gasteiger partial charge in [0.25, 0.3) is 5.22 Å². The van der Waals surface area contributed by atoms with Crippen molar-refractivity contribution in [1.82, 2.24) is 15.5 Å². The van der Waals surface area contributed by atoms with E-state index in [1.807, 2.05) is 65.0 Å². The molecule has 1 aromatic heterocycles. The lowest BCUT2D eigenvalue weighted by molar-refractivity contribution is 0.0494. The molecule has 0 unspecified atom stereocenters. The third-order valence-electron chi connectivity index (χ3n) is 3.39. The topological polar surface area (TPSA) is 77.2 Å². The van der Waals surface area contributed by atoms with Gasteiger partial charge in [-0.2, -0.15) is 0 Å². The number of nitrogens with zero attached hydrogens (tertiary/aromatic N) is 2. The minimum atomic E-state index is -0.582. The highest BCUT2D eigenvalue weighted by Crippen LogP contribution is 2.23.